The van der Waals surface area contributed by atoms with Crippen LogP contribution in [0.25, 0.3) is 0 Å². The first kappa shape index (κ1) is 13.4. The summed E-state index contributed by atoms with van der Waals surface area (Å²) in [5, 5.41) is 3.43. The predicted octanol–water partition coefficient (Wildman–Crippen LogP) is 2.40. The first-order chi connectivity index (χ1) is 8.88. The maximum Gasteiger partial charge on any atom is 0.119 e. The topological polar surface area (TPSA) is 30.5 Å². The van der Waals surface area contributed by atoms with Crippen LogP contribution in [-0.4, -0.2) is 32.4 Å². The number of hydrogen-bond donors (Lipinski definition) is 1. The number of hydrogen-bond acceptors (Lipinski definition) is 3. The Morgan fingerprint density at radius 2 is 2.17 bits per heavy atom. The van der Waals surface area contributed by atoms with Gasteiger partial charge in [-0.1, -0.05) is 25.5 Å². The van der Waals surface area contributed by atoms with Gasteiger partial charge in [-0.3, -0.25) is 0 Å². The van der Waals surface area contributed by atoms with Crippen molar-refractivity contribution in [2.24, 2.45) is 0 Å². The van der Waals surface area contributed by atoms with Gasteiger partial charge < -0.3 is 14.8 Å². The Kier molecular flexibility index (Phi) is 5.49. The summed E-state index contributed by atoms with van der Waals surface area (Å²) in [6.45, 7) is 5.51. The maximum absolute atomic E-state index is 5.70. The van der Waals surface area contributed by atoms with Crippen molar-refractivity contribution in [1.29, 1.82) is 0 Å². The number of ether oxygens (including phenoxy) is 2. The minimum atomic E-state index is 0.514. The van der Waals surface area contributed by atoms with E-state index in [0.717, 1.165) is 38.3 Å². The van der Waals surface area contributed by atoms with Crippen molar-refractivity contribution >= 4 is 0 Å². The predicted molar refractivity (Wildman–Crippen MR) is 73.2 cm³/mol. The van der Waals surface area contributed by atoms with Gasteiger partial charge in [0.25, 0.3) is 0 Å². The van der Waals surface area contributed by atoms with Crippen molar-refractivity contribution in [2.45, 2.75) is 32.2 Å². The van der Waals surface area contributed by atoms with Crippen molar-refractivity contribution in [3.05, 3.63) is 29.8 Å². The largest absolute Gasteiger partial charge is 0.492 e. The average molecular weight is 249 g/mol. The normalized spacial score (nSPS) is 19.1. The van der Waals surface area contributed by atoms with Crippen LogP contribution in [0.15, 0.2) is 24.3 Å². The van der Waals surface area contributed by atoms with Gasteiger partial charge in [-0.2, -0.15) is 0 Å². The fraction of sp³-hybridized carbons (Fsp3) is 0.600. The summed E-state index contributed by atoms with van der Waals surface area (Å²) in [7, 11) is 0. The van der Waals surface area contributed by atoms with E-state index < -0.39 is 0 Å². The molecule has 0 spiro atoms. The first-order valence-corrected chi connectivity index (χ1v) is 6.91. The van der Waals surface area contributed by atoms with E-state index in [1.807, 2.05) is 0 Å². The molecule has 0 amide bonds. The van der Waals surface area contributed by atoms with Gasteiger partial charge in [0.15, 0.2) is 0 Å². The third-order valence-corrected chi connectivity index (χ3v) is 3.20. The zero-order valence-electron chi connectivity index (χ0n) is 11.2. The molecule has 0 aromatic heterocycles. The van der Waals surface area contributed by atoms with Crippen LogP contribution >= 0.6 is 0 Å². The van der Waals surface area contributed by atoms with Crippen LogP contribution in [-0.2, 0) is 11.2 Å². The second kappa shape index (κ2) is 7.39. The van der Waals surface area contributed by atoms with E-state index in [2.05, 4.69) is 36.5 Å². The molecular weight excluding hydrogens is 226 g/mol. The van der Waals surface area contributed by atoms with Gasteiger partial charge in [-0.15, -0.1) is 0 Å². The van der Waals surface area contributed by atoms with Gasteiger partial charge in [0.2, 0.25) is 0 Å². The van der Waals surface area contributed by atoms with Crippen LogP contribution in [0.3, 0.4) is 0 Å². The lowest BCUT2D eigenvalue weighted by atomic mass is 10.1. The summed E-state index contributed by atoms with van der Waals surface area (Å²) in [5.41, 5.74) is 1.38. The summed E-state index contributed by atoms with van der Waals surface area (Å²) >= 11 is 0. The molecular formula is C15H23NO2. The smallest absolute Gasteiger partial charge is 0.119 e. The highest BCUT2D eigenvalue weighted by Gasteiger charge is 2.13. The van der Waals surface area contributed by atoms with E-state index in [-0.39, 0.29) is 0 Å². The highest BCUT2D eigenvalue weighted by molar-refractivity contribution is 5.27. The number of aryl methyl sites for hydroxylation is 1. The highest BCUT2D eigenvalue weighted by atomic mass is 16.5. The molecule has 100 valence electrons. The van der Waals surface area contributed by atoms with Gasteiger partial charge in [0.05, 0.1) is 6.61 Å². The third kappa shape index (κ3) is 4.31. The Morgan fingerprint density at radius 1 is 1.33 bits per heavy atom. The molecule has 1 N–H and O–H groups in total. The van der Waals surface area contributed by atoms with Gasteiger partial charge in [-0.25, -0.2) is 0 Å². The molecule has 1 fully saturated rings. The summed E-state index contributed by atoms with van der Waals surface area (Å²) in [4.78, 5) is 0. The van der Waals surface area contributed by atoms with Crippen molar-refractivity contribution in [3.8, 4) is 5.75 Å². The van der Waals surface area contributed by atoms with Crippen LogP contribution in [0.4, 0.5) is 0 Å². The monoisotopic (exact) mass is 249 g/mol. The molecule has 1 saturated heterocycles. The van der Waals surface area contributed by atoms with Crippen LogP contribution in [0.2, 0.25) is 0 Å². The molecule has 1 unspecified atom stereocenters. The maximum atomic E-state index is 5.70. The van der Waals surface area contributed by atoms with E-state index >= 15 is 0 Å². The number of rotatable bonds is 7. The average Bonchev–Trinajstić information content (AvgIpc) is 2.90. The SMILES string of the molecule is CCCc1ccc(OCCNC2CCOC2)cc1. The summed E-state index contributed by atoms with van der Waals surface area (Å²) in [6.07, 6.45) is 3.45. The van der Waals surface area contributed by atoms with E-state index in [4.69, 9.17) is 9.47 Å². The molecule has 18 heavy (non-hydrogen) atoms. The standard InChI is InChI=1S/C15H23NO2/c1-2-3-13-4-6-15(7-5-13)18-11-9-16-14-8-10-17-12-14/h4-7,14,16H,2-3,8-12H2,1H3. The van der Waals surface area contributed by atoms with Crippen molar-refractivity contribution in [2.75, 3.05) is 26.4 Å². The molecule has 1 aliphatic rings. The number of benzene rings is 1. The fourth-order valence-corrected chi connectivity index (χ4v) is 2.17. The molecule has 2 rings (SSSR count). The van der Waals surface area contributed by atoms with Gasteiger partial charge in [0, 0.05) is 19.2 Å². The van der Waals surface area contributed by atoms with Crippen LogP contribution in [0, 0.1) is 0 Å². The Labute approximate surface area is 109 Å². The fourth-order valence-electron chi connectivity index (χ4n) is 2.17. The summed E-state index contributed by atoms with van der Waals surface area (Å²) in [5.74, 6) is 0.958. The molecule has 0 saturated carbocycles. The molecule has 1 heterocycles. The summed E-state index contributed by atoms with van der Waals surface area (Å²) < 4.78 is 11.0. The second-order valence-corrected chi connectivity index (χ2v) is 4.76. The minimum Gasteiger partial charge on any atom is -0.492 e. The molecule has 1 atom stereocenters. The van der Waals surface area contributed by atoms with Crippen molar-refractivity contribution in [3.63, 3.8) is 0 Å². The van der Waals surface area contributed by atoms with Crippen LogP contribution in [0.5, 0.6) is 5.75 Å². The lowest BCUT2D eigenvalue weighted by molar-refractivity contribution is 0.188. The molecule has 0 radical (unpaired) electrons. The number of nitrogens with one attached hydrogen (secondary N) is 1. The first-order valence-electron chi connectivity index (χ1n) is 6.91. The van der Waals surface area contributed by atoms with Crippen LogP contribution in [0.1, 0.15) is 25.3 Å². The lowest BCUT2D eigenvalue weighted by Gasteiger charge is -2.11. The van der Waals surface area contributed by atoms with Crippen molar-refractivity contribution in [1.82, 2.24) is 5.32 Å². The van der Waals surface area contributed by atoms with Gasteiger partial charge in [-0.05, 0) is 30.5 Å². The van der Waals surface area contributed by atoms with Gasteiger partial charge in [0.1, 0.15) is 12.4 Å². The third-order valence-electron chi connectivity index (χ3n) is 3.20. The molecule has 0 bridgehead atoms. The van der Waals surface area contributed by atoms with E-state index in [9.17, 15) is 0 Å². The van der Waals surface area contributed by atoms with Gasteiger partial charge >= 0.3 is 0 Å². The zero-order valence-corrected chi connectivity index (χ0v) is 11.2. The van der Waals surface area contributed by atoms with Crippen molar-refractivity contribution < 1.29 is 9.47 Å². The highest BCUT2D eigenvalue weighted by Crippen LogP contribution is 2.13. The molecule has 0 aliphatic carbocycles. The lowest BCUT2D eigenvalue weighted by Crippen LogP contribution is -2.32. The van der Waals surface area contributed by atoms with E-state index in [1.54, 1.807) is 0 Å². The molecule has 1 aliphatic heterocycles. The molecule has 3 heteroatoms. The Hall–Kier alpha value is -1.06. The van der Waals surface area contributed by atoms with Crippen LogP contribution < -0.4 is 10.1 Å². The zero-order chi connectivity index (χ0) is 12.6. The summed E-state index contributed by atoms with van der Waals surface area (Å²) in [6, 6.07) is 8.93. The Morgan fingerprint density at radius 3 is 2.83 bits per heavy atom. The van der Waals surface area contributed by atoms with E-state index in [0.29, 0.717) is 12.6 Å². The molecule has 3 nitrogen and oxygen atoms in total. The quantitative estimate of drug-likeness (QED) is 0.753. The Balaban J connectivity index is 1.63. The molecule has 1 aromatic rings. The molecule has 1 aromatic carbocycles. The van der Waals surface area contributed by atoms with E-state index in [1.165, 1.54) is 12.0 Å². The minimum absolute atomic E-state index is 0.514. The Bertz CT molecular complexity index is 331. The second-order valence-electron chi connectivity index (χ2n) is 4.76.